The van der Waals surface area contributed by atoms with Gasteiger partial charge in [-0.05, 0) is 65.7 Å². The van der Waals surface area contributed by atoms with Crippen molar-refractivity contribution >= 4 is 23.2 Å². The molecule has 0 N–H and O–H groups in total. The Balaban J connectivity index is 2.39. The summed E-state index contributed by atoms with van der Waals surface area (Å²) in [6.45, 7) is 9.48. The lowest BCUT2D eigenvalue weighted by atomic mass is 9.89. The fraction of sp³-hybridized carbons (Fsp3) is 0.360. The SMILES string of the molecule is CC/C=C(/CC)c1cccc(/C(=C/CC)CC)c1COSc1ccccc1. The fourth-order valence-corrected chi connectivity index (χ4v) is 3.94. The molecule has 1 nitrogen and oxygen atoms in total. The Morgan fingerprint density at radius 3 is 1.81 bits per heavy atom. The van der Waals surface area contributed by atoms with Crippen molar-refractivity contribution in [1.29, 1.82) is 0 Å². The lowest BCUT2D eigenvalue weighted by Crippen LogP contribution is -2.01. The summed E-state index contributed by atoms with van der Waals surface area (Å²) in [5.74, 6) is 0. The van der Waals surface area contributed by atoms with E-state index < -0.39 is 0 Å². The number of benzene rings is 2. The largest absolute Gasteiger partial charge is 0.305 e. The maximum absolute atomic E-state index is 6.09. The summed E-state index contributed by atoms with van der Waals surface area (Å²) in [7, 11) is 0. The van der Waals surface area contributed by atoms with Gasteiger partial charge < -0.3 is 4.18 Å². The predicted octanol–water partition coefficient (Wildman–Crippen LogP) is 8.32. The van der Waals surface area contributed by atoms with Crippen LogP contribution in [0.15, 0.2) is 65.6 Å². The van der Waals surface area contributed by atoms with E-state index >= 15 is 0 Å². The molecule has 27 heavy (non-hydrogen) atoms. The number of hydrogen-bond acceptors (Lipinski definition) is 2. The molecule has 0 bridgehead atoms. The first kappa shape index (κ1) is 21.5. The van der Waals surface area contributed by atoms with Crippen molar-refractivity contribution in [3.05, 3.63) is 77.4 Å². The van der Waals surface area contributed by atoms with Crippen LogP contribution in [0.3, 0.4) is 0 Å². The highest BCUT2D eigenvalue weighted by Crippen LogP contribution is 2.33. The molecular weight excluding hydrogens is 348 g/mol. The standard InChI is InChI=1S/C25H32OS/c1-5-13-20(7-3)23-17-12-18-24(21(8-4)14-6-2)25(23)19-26-27-22-15-10-9-11-16-22/h9-18H,5-8,19H2,1-4H3/b20-13-,21-14+. The van der Waals surface area contributed by atoms with Crippen LogP contribution in [0.4, 0.5) is 0 Å². The maximum Gasteiger partial charge on any atom is 0.0881 e. The molecule has 0 radical (unpaired) electrons. The molecule has 0 amide bonds. The summed E-state index contributed by atoms with van der Waals surface area (Å²) in [6.07, 6.45) is 8.88. The highest BCUT2D eigenvalue weighted by Gasteiger charge is 2.14. The van der Waals surface area contributed by atoms with Crippen LogP contribution in [0.1, 0.15) is 70.1 Å². The Kier molecular flexibility index (Phi) is 9.44. The Bertz CT molecular complexity index is 719. The summed E-state index contributed by atoms with van der Waals surface area (Å²) >= 11 is 1.46. The topological polar surface area (TPSA) is 9.23 Å². The second-order valence-electron chi connectivity index (χ2n) is 6.47. The molecule has 0 heterocycles. The van der Waals surface area contributed by atoms with E-state index in [1.165, 1.54) is 39.9 Å². The first-order valence-electron chi connectivity index (χ1n) is 10.1. The van der Waals surface area contributed by atoms with E-state index in [0.29, 0.717) is 6.61 Å². The minimum atomic E-state index is 0.604. The van der Waals surface area contributed by atoms with Gasteiger partial charge in [-0.3, -0.25) is 0 Å². The molecule has 0 unspecified atom stereocenters. The Hall–Kier alpha value is -1.77. The highest BCUT2D eigenvalue weighted by molar-refractivity contribution is 7.94. The van der Waals surface area contributed by atoms with Gasteiger partial charge >= 0.3 is 0 Å². The molecule has 0 saturated heterocycles. The summed E-state index contributed by atoms with van der Waals surface area (Å²) in [4.78, 5) is 1.14. The molecule has 0 spiro atoms. The normalized spacial score (nSPS) is 12.4. The van der Waals surface area contributed by atoms with Crippen LogP contribution in [0.2, 0.25) is 0 Å². The summed E-state index contributed by atoms with van der Waals surface area (Å²) < 4.78 is 6.09. The van der Waals surface area contributed by atoms with Gasteiger partial charge in [0.15, 0.2) is 0 Å². The van der Waals surface area contributed by atoms with Gasteiger partial charge in [0.05, 0.1) is 6.61 Å². The molecule has 2 aromatic rings. The van der Waals surface area contributed by atoms with Crippen molar-refractivity contribution < 1.29 is 4.18 Å². The van der Waals surface area contributed by atoms with Crippen LogP contribution in [-0.4, -0.2) is 0 Å². The summed E-state index contributed by atoms with van der Waals surface area (Å²) in [5, 5.41) is 0. The molecule has 0 aliphatic carbocycles. The van der Waals surface area contributed by atoms with Crippen molar-refractivity contribution in [3.8, 4) is 0 Å². The van der Waals surface area contributed by atoms with Gasteiger partial charge in [-0.15, -0.1) is 0 Å². The minimum Gasteiger partial charge on any atom is -0.305 e. The van der Waals surface area contributed by atoms with E-state index in [-0.39, 0.29) is 0 Å². The van der Waals surface area contributed by atoms with Gasteiger partial charge in [-0.1, -0.05) is 76.2 Å². The first-order chi connectivity index (χ1) is 13.2. The lowest BCUT2D eigenvalue weighted by Gasteiger charge is -2.18. The number of hydrogen-bond donors (Lipinski definition) is 0. The summed E-state index contributed by atoms with van der Waals surface area (Å²) in [5.41, 5.74) is 6.80. The van der Waals surface area contributed by atoms with Crippen LogP contribution < -0.4 is 0 Å². The molecule has 0 aromatic heterocycles. The minimum absolute atomic E-state index is 0.604. The average Bonchev–Trinajstić information content (AvgIpc) is 2.71. The Morgan fingerprint density at radius 1 is 0.778 bits per heavy atom. The molecule has 144 valence electrons. The maximum atomic E-state index is 6.09. The van der Waals surface area contributed by atoms with Gasteiger partial charge in [0.2, 0.25) is 0 Å². The van der Waals surface area contributed by atoms with E-state index in [1.54, 1.807) is 0 Å². The molecule has 0 aliphatic rings. The molecule has 0 fully saturated rings. The molecule has 0 atom stereocenters. The molecule has 0 saturated carbocycles. The molecule has 2 heteroatoms. The molecule has 2 aromatic carbocycles. The molecule has 2 rings (SSSR count). The van der Waals surface area contributed by atoms with Crippen LogP contribution in [0, 0.1) is 0 Å². The second-order valence-corrected chi connectivity index (χ2v) is 7.35. The Labute approximate surface area is 169 Å². The number of allylic oxidation sites excluding steroid dienone is 4. The zero-order chi connectivity index (χ0) is 19.5. The zero-order valence-electron chi connectivity index (χ0n) is 17.1. The van der Waals surface area contributed by atoms with E-state index in [4.69, 9.17) is 4.18 Å². The quantitative estimate of drug-likeness (QED) is 0.383. The van der Waals surface area contributed by atoms with Gasteiger partial charge in [0, 0.05) is 16.9 Å². The predicted molar refractivity (Wildman–Crippen MR) is 121 cm³/mol. The third-order valence-electron chi connectivity index (χ3n) is 4.63. The van der Waals surface area contributed by atoms with Crippen molar-refractivity contribution in [2.45, 2.75) is 64.9 Å². The monoisotopic (exact) mass is 380 g/mol. The second kappa shape index (κ2) is 11.8. The van der Waals surface area contributed by atoms with Crippen molar-refractivity contribution in [3.63, 3.8) is 0 Å². The van der Waals surface area contributed by atoms with Gasteiger partial charge in [-0.25, -0.2) is 0 Å². The van der Waals surface area contributed by atoms with Gasteiger partial charge in [0.25, 0.3) is 0 Å². The van der Waals surface area contributed by atoms with Gasteiger partial charge in [0.1, 0.15) is 0 Å². The zero-order valence-corrected chi connectivity index (χ0v) is 17.9. The van der Waals surface area contributed by atoms with E-state index in [9.17, 15) is 0 Å². The van der Waals surface area contributed by atoms with Crippen molar-refractivity contribution in [2.24, 2.45) is 0 Å². The van der Waals surface area contributed by atoms with Crippen LogP contribution in [-0.2, 0) is 10.8 Å². The molecule has 0 aliphatic heterocycles. The van der Waals surface area contributed by atoms with E-state index in [0.717, 1.165) is 30.6 Å². The average molecular weight is 381 g/mol. The summed E-state index contributed by atoms with van der Waals surface area (Å²) in [6, 6.07) is 17.0. The van der Waals surface area contributed by atoms with Crippen molar-refractivity contribution in [2.75, 3.05) is 0 Å². The van der Waals surface area contributed by atoms with Crippen molar-refractivity contribution in [1.82, 2.24) is 0 Å². The first-order valence-corrected chi connectivity index (χ1v) is 10.8. The third-order valence-corrected chi connectivity index (χ3v) is 5.33. The van der Waals surface area contributed by atoms with Crippen LogP contribution >= 0.6 is 12.0 Å². The number of rotatable bonds is 10. The highest BCUT2D eigenvalue weighted by atomic mass is 32.2. The fourth-order valence-electron chi connectivity index (χ4n) is 3.36. The third kappa shape index (κ3) is 6.12. The van der Waals surface area contributed by atoms with Crippen LogP contribution in [0.25, 0.3) is 11.1 Å². The van der Waals surface area contributed by atoms with E-state index in [1.807, 2.05) is 18.2 Å². The van der Waals surface area contributed by atoms with E-state index in [2.05, 4.69) is 70.2 Å². The Morgan fingerprint density at radius 2 is 1.33 bits per heavy atom. The molecular formula is C25H32OS. The van der Waals surface area contributed by atoms with Gasteiger partial charge in [-0.2, -0.15) is 0 Å². The lowest BCUT2D eigenvalue weighted by molar-refractivity contribution is 0.363. The smallest absolute Gasteiger partial charge is 0.0881 e. The van der Waals surface area contributed by atoms with Crippen LogP contribution in [0.5, 0.6) is 0 Å².